The second-order valence-electron chi connectivity index (χ2n) is 3.21. The van der Waals surface area contributed by atoms with Gasteiger partial charge in [0.2, 0.25) is 0 Å². The van der Waals surface area contributed by atoms with Gasteiger partial charge in [-0.1, -0.05) is 0 Å². The van der Waals surface area contributed by atoms with Gasteiger partial charge in [-0.25, -0.2) is 4.98 Å². The Labute approximate surface area is 93.7 Å². The summed E-state index contributed by atoms with van der Waals surface area (Å²) in [7, 11) is 0. The lowest BCUT2D eigenvalue weighted by Gasteiger charge is -1.96. The molecule has 1 atom stereocenters. The molecule has 1 aromatic heterocycles. The van der Waals surface area contributed by atoms with Gasteiger partial charge in [0.05, 0.1) is 6.04 Å². The van der Waals surface area contributed by atoms with Crippen LogP contribution in [0.4, 0.5) is 0 Å². The smallest absolute Gasteiger partial charge is 0.182 e. The first-order chi connectivity index (χ1) is 7.15. The van der Waals surface area contributed by atoms with Crippen LogP contribution in [0, 0.1) is 11.8 Å². The predicted octanol–water partition coefficient (Wildman–Crippen LogP) is 2.15. The third-order valence-electron chi connectivity index (χ3n) is 1.85. The lowest BCUT2D eigenvalue weighted by molar-refractivity contribution is 0.0980. The molecule has 0 bridgehead atoms. The van der Waals surface area contributed by atoms with Gasteiger partial charge >= 0.3 is 0 Å². The molecule has 3 nitrogen and oxygen atoms in total. The Morgan fingerprint density at radius 3 is 3.00 bits per heavy atom. The van der Waals surface area contributed by atoms with Crippen molar-refractivity contribution in [3.05, 3.63) is 16.1 Å². The van der Waals surface area contributed by atoms with Crippen molar-refractivity contribution in [2.75, 3.05) is 0 Å². The average Bonchev–Trinajstić information content (AvgIpc) is 2.66. The number of ketones is 1. The molecule has 1 heterocycles. The van der Waals surface area contributed by atoms with Crippen LogP contribution in [-0.4, -0.2) is 10.8 Å². The van der Waals surface area contributed by atoms with E-state index in [-0.39, 0.29) is 11.8 Å². The zero-order chi connectivity index (χ0) is 11.3. The third-order valence-corrected chi connectivity index (χ3v) is 2.90. The van der Waals surface area contributed by atoms with Crippen LogP contribution in [0.1, 0.15) is 48.2 Å². The van der Waals surface area contributed by atoms with Crippen LogP contribution in [0.25, 0.3) is 0 Å². The van der Waals surface area contributed by atoms with Crippen LogP contribution >= 0.6 is 11.3 Å². The molecular formula is C11H14N2OS. The van der Waals surface area contributed by atoms with Crippen LogP contribution in [0.3, 0.4) is 0 Å². The Morgan fingerprint density at radius 1 is 1.73 bits per heavy atom. The molecule has 0 aromatic carbocycles. The van der Waals surface area contributed by atoms with E-state index in [1.165, 1.54) is 11.3 Å². The molecule has 0 radical (unpaired) electrons. The summed E-state index contributed by atoms with van der Waals surface area (Å²) < 4.78 is 0. The van der Waals surface area contributed by atoms with E-state index in [1.54, 1.807) is 12.3 Å². The molecule has 0 aliphatic carbocycles. The molecule has 4 heteroatoms. The van der Waals surface area contributed by atoms with Gasteiger partial charge in [-0.2, -0.15) is 0 Å². The van der Waals surface area contributed by atoms with Crippen molar-refractivity contribution in [2.24, 2.45) is 5.73 Å². The van der Waals surface area contributed by atoms with Gasteiger partial charge in [0.1, 0.15) is 10.7 Å². The normalized spacial score (nSPS) is 11.7. The number of carbonyl (C=O) groups excluding carboxylic acids is 1. The lowest BCUT2D eigenvalue weighted by Crippen LogP contribution is -2.06. The summed E-state index contributed by atoms with van der Waals surface area (Å²) in [5, 5.41) is 2.57. The molecular weight excluding hydrogens is 208 g/mol. The Balaban J connectivity index is 2.60. The number of thiazole rings is 1. The van der Waals surface area contributed by atoms with Crippen LogP contribution in [0.2, 0.25) is 0 Å². The Morgan fingerprint density at radius 2 is 2.47 bits per heavy atom. The fourth-order valence-electron chi connectivity index (χ4n) is 1.05. The predicted molar refractivity (Wildman–Crippen MR) is 61.7 cm³/mol. The highest BCUT2D eigenvalue weighted by molar-refractivity contribution is 7.09. The van der Waals surface area contributed by atoms with E-state index < -0.39 is 0 Å². The third kappa shape index (κ3) is 3.46. The minimum absolute atomic E-state index is 0.0425. The van der Waals surface area contributed by atoms with Gasteiger partial charge in [-0.05, 0) is 13.8 Å². The Bertz CT molecular complexity index is 398. The number of nitrogens with two attached hydrogens (primary N) is 1. The lowest BCUT2D eigenvalue weighted by atomic mass is 10.2. The van der Waals surface area contributed by atoms with Crippen molar-refractivity contribution in [1.29, 1.82) is 0 Å². The van der Waals surface area contributed by atoms with Gasteiger partial charge in [-0.3, -0.25) is 4.79 Å². The maximum Gasteiger partial charge on any atom is 0.182 e. The number of Topliss-reactive ketones (excluding diaryl/α,β-unsaturated/α-hetero) is 1. The van der Waals surface area contributed by atoms with Crippen LogP contribution < -0.4 is 5.73 Å². The van der Waals surface area contributed by atoms with Crippen LogP contribution in [-0.2, 0) is 0 Å². The Kier molecular flexibility index (Phi) is 4.47. The monoisotopic (exact) mass is 222 g/mol. The molecule has 1 rings (SSSR count). The number of nitrogens with zero attached hydrogens (tertiary/aromatic N) is 1. The zero-order valence-corrected chi connectivity index (χ0v) is 9.73. The molecule has 0 saturated carbocycles. The fraction of sp³-hybridized carbons (Fsp3) is 0.455. The van der Waals surface area contributed by atoms with Crippen molar-refractivity contribution < 1.29 is 4.79 Å². The topological polar surface area (TPSA) is 56.0 Å². The number of aromatic nitrogens is 1. The molecule has 1 unspecified atom stereocenters. The van der Waals surface area contributed by atoms with Gasteiger partial charge < -0.3 is 5.73 Å². The van der Waals surface area contributed by atoms with Crippen LogP contribution in [0.15, 0.2) is 5.38 Å². The van der Waals surface area contributed by atoms with Crippen molar-refractivity contribution in [3.63, 3.8) is 0 Å². The van der Waals surface area contributed by atoms with Crippen molar-refractivity contribution in [1.82, 2.24) is 4.98 Å². The van der Waals surface area contributed by atoms with E-state index in [0.29, 0.717) is 18.5 Å². The summed E-state index contributed by atoms with van der Waals surface area (Å²) in [6, 6.07) is -0.105. The molecule has 15 heavy (non-hydrogen) atoms. The molecule has 0 aliphatic rings. The summed E-state index contributed by atoms with van der Waals surface area (Å²) in [5.41, 5.74) is 6.18. The summed E-state index contributed by atoms with van der Waals surface area (Å²) in [6.45, 7) is 3.62. The standard InChI is InChI=1S/C11H14N2OS/c1-3-4-5-6-10(14)9-7-15-11(13-9)8(2)12/h7-8H,5-6,12H2,1-2H3. The number of hydrogen-bond acceptors (Lipinski definition) is 4. The van der Waals surface area contributed by atoms with Gasteiger partial charge in [-0.15, -0.1) is 23.2 Å². The summed E-state index contributed by atoms with van der Waals surface area (Å²) >= 11 is 1.43. The van der Waals surface area contributed by atoms with Crippen molar-refractivity contribution in [3.8, 4) is 11.8 Å². The van der Waals surface area contributed by atoms with Crippen LogP contribution in [0.5, 0.6) is 0 Å². The largest absolute Gasteiger partial charge is 0.322 e. The maximum absolute atomic E-state index is 11.6. The molecule has 0 amide bonds. The fourth-order valence-corrected chi connectivity index (χ4v) is 1.84. The van der Waals surface area contributed by atoms with E-state index in [0.717, 1.165) is 5.01 Å². The number of rotatable bonds is 4. The Hall–Kier alpha value is -1.18. The number of hydrogen-bond donors (Lipinski definition) is 1. The molecule has 0 spiro atoms. The van der Waals surface area contributed by atoms with Gasteiger partial charge in [0.25, 0.3) is 0 Å². The SMILES string of the molecule is CC#CCCC(=O)c1csc(C(C)N)n1. The summed E-state index contributed by atoms with van der Waals surface area (Å²) in [6.07, 6.45) is 1.03. The maximum atomic E-state index is 11.6. The average molecular weight is 222 g/mol. The minimum atomic E-state index is -0.105. The highest BCUT2D eigenvalue weighted by atomic mass is 32.1. The van der Waals surface area contributed by atoms with Crippen molar-refractivity contribution >= 4 is 17.1 Å². The molecule has 80 valence electrons. The molecule has 1 aromatic rings. The number of carbonyl (C=O) groups is 1. The van der Waals surface area contributed by atoms with Gasteiger partial charge in [0, 0.05) is 18.2 Å². The van der Waals surface area contributed by atoms with E-state index in [9.17, 15) is 4.79 Å². The van der Waals surface area contributed by atoms with E-state index in [1.807, 2.05) is 6.92 Å². The molecule has 0 aliphatic heterocycles. The molecule has 2 N–H and O–H groups in total. The minimum Gasteiger partial charge on any atom is -0.322 e. The highest BCUT2D eigenvalue weighted by Gasteiger charge is 2.11. The second-order valence-corrected chi connectivity index (χ2v) is 4.10. The first-order valence-electron chi connectivity index (χ1n) is 4.79. The molecule has 0 fully saturated rings. The highest BCUT2D eigenvalue weighted by Crippen LogP contribution is 2.17. The summed E-state index contributed by atoms with van der Waals surface area (Å²) in [5.74, 6) is 5.66. The summed E-state index contributed by atoms with van der Waals surface area (Å²) in [4.78, 5) is 15.8. The first kappa shape index (κ1) is 11.9. The molecule has 0 saturated heterocycles. The van der Waals surface area contributed by atoms with Crippen molar-refractivity contribution in [2.45, 2.75) is 32.7 Å². The zero-order valence-electron chi connectivity index (χ0n) is 8.91. The second kappa shape index (κ2) is 5.64. The van der Waals surface area contributed by atoms with E-state index >= 15 is 0 Å². The van der Waals surface area contributed by atoms with Gasteiger partial charge in [0.15, 0.2) is 5.78 Å². The quantitative estimate of drug-likeness (QED) is 0.627. The first-order valence-corrected chi connectivity index (χ1v) is 5.67. The van der Waals surface area contributed by atoms with E-state index in [4.69, 9.17) is 5.73 Å². The van der Waals surface area contributed by atoms with E-state index in [2.05, 4.69) is 16.8 Å².